The van der Waals surface area contributed by atoms with E-state index in [-0.39, 0.29) is 81.9 Å². The number of carbonyl (C=O) groups excluding carboxylic acids is 11. The summed E-state index contributed by atoms with van der Waals surface area (Å²) in [7, 11) is 0. The molecular weight excluding hydrogens is 1180 g/mol. The van der Waals surface area contributed by atoms with Crippen molar-refractivity contribution >= 4 is 70.9 Å². The molecule has 30 nitrogen and oxygen atoms in total. The van der Waals surface area contributed by atoms with E-state index in [0.29, 0.717) is 0 Å². The zero-order valence-electron chi connectivity index (χ0n) is 55.2. The molecule has 1 fully saturated rings. The first-order chi connectivity index (χ1) is 42.3. The number of aliphatic hydroxyl groups excluding tert-OH is 3. The molecule has 0 aliphatic carbocycles. The van der Waals surface area contributed by atoms with Gasteiger partial charge < -0.3 is 96.7 Å². The van der Waals surface area contributed by atoms with Gasteiger partial charge in [0.15, 0.2) is 5.96 Å². The number of aliphatic imine (C=N–C) groups is 1. The van der Waals surface area contributed by atoms with Crippen LogP contribution < -0.4 is 81.4 Å². The summed E-state index contributed by atoms with van der Waals surface area (Å²) in [5, 5.41) is 61.8. The second-order valence-electron chi connectivity index (χ2n) is 26.6. The van der Waals surface area contributed by atoms with Crippen molar-refractivity contribution in [1.82, 2.24) is 58.5 Å². The molecule has 22 N–H and O–H groups in total. The predicted octanol–water partition coefficient (Wildman–Crippen LogP) is -3.19. The molecule has 0 aromatic heterocycles. The van der Waals surface area contributed by atoms with Gasteiger partial charge in [-0.15, -0.1) is 0 Å². The number of hydrogen-bond acceptors (Lipinski definition) is 17. The van der Waals surface area contributed by atoms with Crippen LogP contribution in [0, 0.1) is 28.6 Å². The summed E-state index contributed by atoms with van der Waals surface area (Å²) < 4.78 is 0. The fourth-order valence-electron chi connectivity index (χ4n) is 9.81. The first-order valence-corrected chi connectivity index (χ1v) is 31.2. The quantitative estimate of drug-likeness (QED) is 0.0309. The van der Waals surface area contributed by atoms with Crippen molar-refractivity contribution in [2.75, 3.05) is 26.2 Å². The summed E-state index contributed by atoms with van der Waals surface area (Å²) >= 11 is 0. The van der Waals surface area contributed by atoms with Crippen LogP contribution in [0.25, 0.3) is 0 Å². The number of nitrogens with zero attached hydrogens (tertiary/aromatic N) is 1. The highest BCUT2D eigenvalue weighted by Crippen LogP contribution is 2.25. The highest BCUT2D eigenvalue weighted by atomic mass is 16.3. The van der Waals surface area contributed by atoms with E-state index in [2.05, 4.69) is 63.5 Å². The van der Waals surface area contributed by atoms with E-state index in [1.807, 2.05) is 20.8 Å². The largest absolute Gasteiger partial charge is 0.394 e. The normalized spacial score (nSPS) is 24.5. The highest BCUT2D eigenvalue weighted by Gasteiger charge is 2.43. The van der Waals surface area contributed by atoms with E-state index >= 15 is 9.59 Å². The van der Waals surface area contributed by atoms with Crippen molar-refractivity contribution in [3.8, 4) is 0 Å². The third-order valence-electron chi connectivity index (χ3n) is 15.0. The van der Waals surface area contributed by atoms with Crippen molar-refractivity contribution in [2.24, 2.45) is 56.5 Å². The Bertz CT molecular complexity index is 2630. The number of rotatable bonds is 22. The summed E-state index contributed by atoms with van der Waals surface area (Å²) in [6.45, 7) is 20.2. The third-order valence-corrected chi connectivity index (χ3v) is 15.0. The molecule has 0 bridgehead atoms. The van der Waals surface area contributed by atoms with Crippen LogP contribution in [0.2, 0.25) is 0 Å². The van der Waals surface area contributed by atoms with Gasteiger partial charge in [0, 0.05) is 6.54 Å². The maximum Gasteiger partial charge on any atom is 0.245 e. The molecule has 1 saturated heterocycles. The molecule has 0 saturated carbocycles. The molecule has 1 unspecified atom stereocenters. The number of amides is 11. The second-order valence-corrected chi connectivity index (χ2v) is 26.6. The van der Waals surface area contributed by atoms with Crippen LogP contribution in [0.1, 0.15) is 153 Å². The Morgan fingerprint density at radius 1 is 0.637 bits per heavy atom. The molecule has 0 radical (unpaired) electrons. The minimum absolute atomic E-state index is 0.0155. The van der Waals surface area contributed by atoms with Crippen LogP contribution in [-0.4, -0.2) is 185 Å². The van der Waals surface area contributed by atoms with Gasteiger partial charge in [-0.05, 0) is 92.6 Å². The van der Waals surface area contributed by atoms with Crippen molar-refractivity contribution in [3.63, 3.8) is 0 Å². The molecule has 1 aromatic carbocycles. The zero-order valence-corrected chi connectivity index (χ0v) is 55.2. The first kappa shape index (κ1) is 79.6. The molecule has 1 heterocycles. The molecule has 514 valence electrons. The molecule has 30 heteroatoms. The summed E-state index contributed by atoms with van der Waals surface area (Å²) in [5.74, 6) is -13.1. The fraction of sp³-hybridized carbons (Fsp3) is 0.705. The van der Waals surface area contributed by atoms with Crippen LogP contribution in [0.3, 0.4) is 0 Å². The van der Waals surface area contributed by atoms with Crippen LogP contribution in [-0.2, 0) is 52.7 Å². The molecule has 1 aromatic rings. The monoisotopic (exact) mass is 1290 g/mol. The van der Waals surface area contributed by atoms with Crippen molar-refractivity contribution in [1.29, 1.82) is 0 Å². The topological polar surface area (TPSA) is 497 Å². The maximum absolute atomic E-state index is 15.5. The molecule has 11 amide bonds. The molecule has 1 aliphatic heterocycles. The minimum Gasteiger partial charge on any atom is -0.394 e. The van der Waals surface area contributed by atoms with Crippen molar-refractivity contribution in [2.45, 2.75) is 220 Å². The lowest BCUT2D eigenvalue weighted by Gasteiger charge is -2.35. The Morgan fingerprint density at radius 2 is 1.15 bits per heavy atom. The van der Waals surface area contributed by atoms with Gasteiger partial charge in [-0.1, -0.05) is 120 Å². The number of nitrogens with one attached hydrogen (secondary N) is 11. The molecule has 14 atom stereocenters. The average Bonchev–Trinajstić information content (AvgIpc) is 3.48. The Labute approximate surface area is 534 Å². The standard InChI is InChI=1S/C61H106N16O14/c1-14-33(6)43-56(89)74-44(34(7)79)55(88)67-29-42(80)68-37(22-18-24-62)50(83)72-41(30-78)54(87)75-45(35-20-16-15-17-21-35)46(76-53(86)40(28-61(11,12)13)71-49(82)36(63)27-60(8,9)10)57(90)77-47(48(81)32(4)5)58(91)70-39(26-31(2)3)52(85)69-38(51(84)73-43)23-19-25-66-59(64)65/h15-17,20-21,31-34,36-41,43-48,78-79,81H,14,18-19,22-30,62-63H2,1-13H3,(H,67,88)(H,68,80)(H,69,85)(H,70,91)(H,71,82)(H,72,83)(H,73,84)(H,74,89)(H,75,87)(H,76,86)(H,77,90)(H4,64,65,66)/t33-,34-,36+,37-,38+,39-,40-,41?,43-,44-,45+,46-,47-,48+/m0/s1. The number of guanidine groups is 1. The molecule has 0 spiro atoms. The number of carbonyl (C=O) groups is 11. The van der Waals surface area contributed by atoms with E-state index in [0.717, 1.165) is 0 Å². The lowest BCUT2D eigenvalue weighted by molar-refractivity contribution is -0.139. The van der Waals surface area contributed by atoms with Crippen LogP contribution in [0.4, 0.5) is 0 Å². The molecule has 2 rings (SSSR count). The fourth-order valence-corrected chi connectivity index (χ4v) is 9.81. The number of hydrogen-bond donors (Lipinski definition) is 18. The van der Waals surface area contributed by atoms with Gasteiger partial charge in [-0.2, -0.15) is 0 Å². The Kier molecular flexibility index (Phi) is 33.0. The number of benzene rings is 1. The minimum atomic E-state index is -2.01. The molecular formula is C61H106N16O14. The Hall–Kier alpha value is -7.54. The lowest BCUT2D eigenvalue weighted by Crippen LogP contribution is -2.65. The van der Waals surface area contributed by atoms with E-state index in [1.165, 1.54) is 45.0 Å². The van der Waals surface area contributed by atoms with Gasteiger partial charge in [0.05, 0.1) is 37.4 Å². The molecule has 91 heavy (non-hydrogen) atoms. The highest BCUT2D eigenvalue weighted by molar-refractivity contribution is 6.00. The van der Waals surface area contributed by atoms with Crippen molar-refractivity contribution in [3.05, 3.63) is 35.9 Å². The van der Waals surface area contributed by atoms with Gasteiger partial charge in [0.1, 0.15) is 54.4 Å². The van der Waals surface area contributed by atoms with Gasteiger partial charge in [0.25, 0.3) is 0 Å². The van der Waals surface area contributed by atoms with E-state index in [4.69, 9.17) is 22.9 Å². The summed E-state index contributed by atoms with van der Waals surface area (Å²) in [6.07, 6.45) is -3.07. The van der Waals surface area contributed by atoms with Gasteiger partial charge >= 0.3 is 0 Å². The summed E-state index contributed by atoms with van der Waals surface area (Å²) in [5.41, 5.74) is 22.3. The lowest BCUT2D eigenvalue weighted by atomic mass is 9.86. The summed E-state index contributed by atoms with van der Waals surface area (Å²) in [4.78, 5) is 163. The second kappa shape index (κ2) is 37.7. The first-order valence-electron chi connectivity index (χ1n) is 31.2. The average molecular weight is 1290 g/mol. The van der Waals surface area contributed by atoms with Crippen LogP contribution >= 0.6 is 0 Å². The third kappa shape index (κ3) is 27.8. The number of aliphatic hydroxyl groups is 3. The van der Waals surface area contributed by atoms with E-state index in [9.17, 15) is 58.5 Å². The smallest absolute Gasteiger partial charge is 0.245 e. The van der Waals surface area contributed by atoms with Crippen LogP contribution in [0.5, 0.6) is 0 Å². The van der Waals surface area contributed by atoms with Gasteiger partial charge in [-0.25, -0.2) is 0 Å². The Morgan fingerprint density at radius 3 is 1.69 bits per heavy atom. The van der Waals surface area contributed by atoms with Crippen molar-refractivity contribution < 1.29 is 68.1 Å². The van der Waals surface area contributed by atoms with Gasteiger partial charge in [0.2, 0.25) is 65.0 Å². The molecule has 1 aliphatic rings. The maximum atomic E-state index is 15.5. The number of nitrogens with two attached hydrogens (primary N) is 4. The predicted molar refractivity (Wildman–Crippen MR) is 341 cm³/mol. The summed E-state index contributed by atoms with van der Waals surface area (Å²) in [6, 6.07) is -9.98. The Balaban J connectivity index is 3.13. The van der Waals surface area contributed by atoms with E-state index in [1.54, 1.807) is 54.5 Å². The SMILES string of the molecule is CC[C@H](C)[C@@H]1NC(=O)[C@@H](CCCN=C(N)N)NC(=O)[C@H](CC(C)C)NC(=O)[C@H]([C@H](O)C(C)C)NC(=O)[C@@H](NC(=O)[C@H](CC(C)(C)C)NC(=O)[C@H](N)CC(C)(C)C)[C@@H](c2ccccc2)NC(=O)C(CO)NC(=O)[C@H](CCCN)NC(=O)CNC(=O)[C@H]([C@H](C)O)NC1=O. The van der Waals surface area contributed by atoms with Gasteiger partial charge in [-0.3, -0.25) is 57.7 Å². The van der Waals surface area contributed by atoms with E-state index < -0.39 is 179 Å². The van der Waals surface area contributed by atoms with Crippen LogP contribution in [0.15, 0.2) is 35.3 Å². The zero-order chi connectivity index (χ0) is 69.2.